The van der Waals surface area contributed by atoms with E-state index in [2.05, 4.69) is 5.32 Å². The third-order valence-corrected chi connectivity index (χ3v) is 2.74. The summed E-state index contributed by atoms with van der Waals surface area (Å²) in [5.74, 6) is 0.240. The lowest BCUT2D eigenvalue weighted by molar-refractivity contribution is 0.414. The van der Waals surface area contributed by atoms with E-state index in [1.165, 1.54) is 6.07 Å². The van der Waals surface area contributed by atoms with Crippen molar-refractivity contribution in [2.24, 2.45) is 0 Å². The van der Waals surface area contributed by atoms with Gasteiger partial charge in [-0.25, -0.2) is 4.39 Å². The van der Waals surface area contributed by atoms with Crippen molar-refractivity contribution in [3.05, 3.63) is 47.8 Å². The van der Waals surface area contributed by atoms with E-state index in [0.29, 0.717) is 22.8 Å². The van der Waals surface area contributed by atoms with Gasteiger partial charge in [0.2, 0.25) is 0 Å². The molecule has 4 heteroatoms. The molecule has 0 aliphatic carbocycles. The number of rotatable bonds is 3. The van der Waals surface area contributed by atoms with Crippen LogP contribution in [0, 0.1) is 12.7 Å². The number of nitrogen functional groups attached to an aromatic ring is 1. The first-order valence-electron chi connectivity index (χ1n) is 5.57. The number of nitrogens with two attached hydrogens (primary N) is 1. The number of methoxy groups -OCH3 is 1. The Morgan fingerprint density at radius 3 is 2.67 bits per heavy atom. The average Bonchev–Trinajstić information content (AvgIpc) is 2.36. The fraction of sp³-hybridized carbons (Fsp3) is 0.143. The van der Waals surface area contributed by atoms with Gasteiger partial charge in [0.1, 0.15) is 11.6 Å². The summed E-state index contributed by atoms with van der Waals surface area (Å²) in [5.41, 5.74) is 8.47. The fourth-order valence-corrected chi connectivity index (χ4v) is 1.72. The lowest BCUT2D eigenvalue weighted by atomic mass is 10.1. The Morgan fingerprint density at radius 1 is 1.22 bits per heavy atom. The molecule has 0 radical (unpaired) electrons. The summed E-state index contributed by atoms with van der Waals surface area (Å²) in [6.07, 6.45) is 0. The minimum Gasteiger partial charge on any atom is -0.497 e. The molecule has 94 valence electrons. The molecule has 3 nitrogen and oxygen atoms in total. The zero-order chi connectivity index (χ0) is 13.1. The summed E-state index contributed by atoms with van der Waals surface area (Å²) in [6, 6.07) is 10.1. The highest BCUT2D eigenvalue weighted by Crippen LogP contribution is 2.29. The van der Waals surface area contributed by atoms with Crippen LogP contribution in [0.25, 0.3) is 0 Å². The van der Waals surface area contributed by atoms with Gasteiger partial charge in [-0.3, -0.25) is 0 Å². The van der Waals surface area contributed by atoms with E-state index in [4.69, 9.17) is 10.5 Å². The van der Waals surface area contributed by atoms with E-state index in [1.54, 1.807) is 25.3 Å². The van der Waals surface area contributed by atoms with Crippen molar-refractivity contribution in [3.8, 4) is 5.75 Å². The molecule has 0 spiro atoms. The maximum Gasteiger partial charge on any atom is 0.146 e. The molecule has 3 N–H and O–H groups in total. The van der Waals surface area contributed by atoms with Crippen molar-refractivity contribution in [3.63, 3.8) is 0 Å². The number of anilines is 3. The van der Waals surface area contributed by atoms with E-state index >= 15 is 0 Å². The van der Waals surface area contributed by atoms with Crippen LogP contribution in [0.1, 0.15) is 5.56 Å². The van der Waals surface area contributed by atoms with E-state index in [1.807, 2.05) is 19.1 Å². The summed E-state index contributed by atoms with van der Waals surface area (Å²) >= 11 is 0. The number of halogens is 1. The number of nitrogens with one attached hydrogen (secondary N) is 1. The highest BCUT2D eigenvalue weighted by molar-refractivity contribution is 5.76. The summed E-state index contributed by atoms with van der Waals surface area (Å²) < 4.78 is 18.8. The quantitative estimate of drug-likeness (QED) is 0.815. The topological polar surface area (TPSA) is 47.3 Å². The highest BCUT2D eigenvalue weighted by atomic mass is 19.1. The fourth-order valence-electron chi connectivity index (χ4n) is 1.72. The lowest BCUT2D eigenvalue weighted by Crippen LogP contribution is -2.00. The molecular formula is C14H15FN2O. The molecule has 0 fully saturated rings. The highest BCUT2D eigenvalue weighted by Gasteiger charge is 2.08. The SMILES string of the molecule is COc1ccc(F)c(Nc2c(C)cccc2N)c1. The monoisotopic (exact) mass is 246 g/mol. The van der Waals surface area contributed by atoms with Crippen molar-refractivity contribution in [1.29, 1.82) is 0 Å². The van der Waals surface area contributed by atoms with Crippen molar-refractivity contribution < 1.29 is 9.13 Å². The summed E-state index contributed by atoms with van der Waals surface area (Å²) in [6.45, 7) is 1.91. The van der Waals surface area contributed by atoms with Gasteiger partial charge in [0, 0.05) is 6.07 Å². The predicted octanol–water partition coefficient (Wildman–Crippen LogP) is 3.47. The molecule has 0 heterocycles. The number of aryl methyl sites for hydroxylation is 1. The number of hydrogen-bond acceptors (Lipinski definition) is 3. The first-order valence-corrected chi connectivity index (χ1v) is 5.57. The normalized spacial score (nSPS) is 10.2. The summed E-state index contributed by atoms with van der Waals surface area (Å²) in [4.78, 5) is 0. The van der Waals surface area contributed by atoms with Gasteiger partial charge in [-0.1, -0.05) is 12.1 Å². The molecule has 0 aromatic heterocycles. The van der Waals surface area contributed by atoms with Crippen LogP contribution in [0.5, 0.6) is 5.75 Å². The molecule has 2 aromatic rings. The van der Waals surface area contributed by atoms with E-state index in [-0.39, 0.29) is 5.82 Å². The summed E-state index contributed by atoms with van der Waals surface area (Å²) in [5, 5.41) is 3.00. The number of hydrogen-bond donors (Lipinski definition) is 2. The van der Waals surface area contributed by atoms with Gasteiger partial charge in [-0.2, -0.15) is 0 Å². The molecule has 2 aromatic carbocycles. The van der Waals surface area contributed by atoms with Gasteiger partial charge in [0.05, 0.1) is 24.2 Å². The third kappa shape index (κ3) is 2.37. The van der Waals surface area contributed by atoms with E-state index in [0.717, 1.165) is 5.56 Å². The van der Waals surface area contributed by atoms with Gasteiger partial charge in [0.15, 0.2) is 0 Å². The third-order valence-electron chi connectivity index (χ3n) is 2.74. The Bertz CT molecular complexity index is 549. The molecule has 2 rings (SSSR count). The molecule has 0 atom stereocenters. The second-order valence-electron chi connectivity index (χ2n) is 4.01. The van der Waals surface area contributed by atoms with Crippen LogP contribution >= 0.6 is 0 Å². The number of benzene rings is 2. The largest absolute Gasteiger partial charge is 0.497 e. The summed E-state index contributed by atoms with van der Waals surface area (Å²) in [7, 11) is 1.54. The predicted molar refractivity (Wildman–Crippen MR) is 71.8 cm³/mol. The zero-order valence-electron chi connectivity index (χ0n) is 10.3. The maximum atomic E-state index is 13.7. The smallest absolute Gasteiger partial charge is 0.146 e. The van der Waals surface area contributed by atoms with Crippen LogP contribution in [-0.2, 0) is 0 Å². The van der Waals surface area contributed by atoms with Crippen LogP contribution in [0.2, 0.25) is 0 Å². The second kappa shape index (κ2) is 4.96. The van der Waals surface area contributed by atoms with Crippen LogP contribution in [-0.4, -0.2) is 7.11 Å². The van der Waals surface area contributed by atoms with Crippen molar-refractivity contribution in [1.82, 2.24) is 0 Å². The van der Waals surface area contributed by atoms with Gasteiger partial charge in [-0.05, 0) is 30.7 Å². The molecule has 0 amide bonds. The van der Waals surface area contributed by atoms with Crippen molar-refractivity contribution in [2.75, 3.05) is 18.2 Å². The van der Waals surface area contributed by atoms with Crippen LogP contribution < -0.4 is 15.8 Å². The number of ether oxygens (including phenoxy) is 1. The first-order chi connectivity index (χ1) is 8.61. The Balaban J connectivity index is 2.39. The Labute approximate surface area is 105 Å². The zero-order valence-corrected chi connectivity index (χ0v) is 10.3. The molecule has 18 heavy (non-hydrogen) atoms. The first kappa shape index (κ1) is 12.2. The van der Waals surface area contributed by atoms with E-state index < -0.39 is 0 Å². The lowest BCUT2D eigenvalue weighted by Gasteiger charge is -2.13. The van der Waals surface area contributed by atoms with Gasteiger partial charge in [-0.15, -0.1) is 0 Å². The molecule has 0 bridgehead atoms. The minimum atomic E-state index is -0.349. The number of para-hydroxylation sites is 1. The van der Waals surface area contributed by atoms with Crippen molar-refractivity contribution >= 4 is 17.1 Å². The minimum absolute atomic E-state index is 0.343. The van der Waals surface area contributed by atoms with Gasteiger partial charge in [0.25, 0.3) is 0 Å². The van der Waals surface area contributed by atoms with E-state index in [9.17, 15) is 4.39 Å². The van der Waals surface area contributed by atoms with Gasteiger partial charge >= 0.3 is 0 Å². The molecule has 0 saturated carbocycles. The van der Waals surface area contributed by atoms with Gasteiger partial charge < -0.3 is 15.8 Å². The Kier molecular flexibility index (Phi) is 3.37. The van der Waals surface area contributed by atoms with Crippen LogP contribution in [0.4, 0.5) is 21.5 Å². The second-order valence-corrected chi connectivity index (χ2v) is 4.01. The van der Waals surface area contributed by atoms with Crippen molar-refractivity contribution in [2.45, 2.75) is 6.92 Å². The molecule has 0 aliphatic rings. The molecular weight excluding hydrogens is 231 g/mol. The maximum absolute atomic E-state index is 13.7. The molecule has 0 saturated heterocycles. The average molecular weight is 246 g/mol. The Hall–Kier alpha value is -2.23. The Morgan fingerprint density at radius 2 is 2.00 bits per heavy atom. The van der Waals surface area contributed by atoms with Crippen LogP contribution in [0.15, 0.2) is 36.4 Å². The standard InChI is InChI=1S/C14H15FN2O/c1-9-4-3-5-12(16)14(9)17-13-8-10(18-2)6-7-11(13)15/h3-8,17H,16H2,1-2H3. The molecule has 0 aliphatic heterocycles. The molecule has 0 unspecified atom stereocenters. The van der Waals surface area contributed by atoms with Crippen LogP contribution in [0.3, 0.4) is 0 Å².